The first kappa shape index (κ1) is 19.5. The van der Waals surface area contributed by atoms with Crippen LogP contribution in [0.4, 0.5) is 0 Å². The van der Waals surface area contributed by atoms with Gasteiger partial charge < -0.3 is 14.8 Å². The van der Waals surface area contributed by atoms with E-state index in [0.717, 1.165) is 12.8 Å². The van der Waals surface area contributed by atoms with Gasteiger partial charge in [0.15, 0.2) is 11.5 Å². The molecule has 0 bridgehead atoms. The lowest BCUT2D eigenvalue weighted by molar-refractivity contribution is -0.139. The quantitative estimate of drug-likeness (QED) is 0.431. The minimum absolute atomic E-state index is 0.0628. The smallest absolute Gasteiger partial charge is 0.329 e. The number of benzene rings is 1. The number of hydrazone groups is 1. The number of amides is 2. The molecule has 0 unspecified atom stereocenters. The number of hydrogen-bond acceptors (Lipinski definition) is 5. The summed E-state index contributed by atoms with van der Waals surface area (Å²) < 4.78 is 10.8. The highest BCUT2D eigenvalue weighted by Gasteiger charge is 2.14. The molecule has 0 aliphatic heterocycles. The van der Waals surface area contributed by atoms with Gasteiger partial charge in [-0.15, -0.1) is 0 Å². The molecular weight excluding hydrogens is 310 g/mol. The molecule has 0 radical (unpaired) electrons. The van der Waals surface area contributed by atoms with Crippen molar-refractivity contribution in [3.63, 3.8) is 0 Å². The van der Waals surface area contributed by atoms with Crippen LogP contribution in [-0.4, -0.2) is 37.8 Å². The van der Waals surface area contributed by atoms with Crippen molar-refractivity contribution in [2.24, 2.45) is 5.10 Å². The summed E-state index contributed by atoms with van der Waals surface area (Å²) in [5, 5.41) is 6.34. The molecule has 0 heterocycles. The van der Waals surface area contributed by atoms with Crippen molar-refractivity contribution < 1.29 is 19.1 Å². The molecule has 0 saturated heterocycles. The average molecular weight is 335 g/mol. The van der Waals surface area contributed by atoms with Gasteiger partial charge >= 0.3 is 11.8 Å². The highest BCUT2D eigenvalue weighted by molar-refractivity contribution is 6.35. The van der Waals surface area contributed by atoms with Gasteiger partial charge in [-0.25, -0.2) is 5.43 Å². The third-order valence-corrected chi connectivity index (χ3v) is 3.23. The van der Waals surface area contributed by atoms with Crippen molar-refractivity contribution >= 4 is 18.0 Å². The Hall–Kier alpha value is -2.57. The Balaban J connectivity index is 2.63. The third kappa shape index (κ3) is 6.28. The number of methoxy groups -OCH3 is 1. The van der Waals surface area contributed by atoms with Crippen molar-refractivity contribution in [3.05, 3.63) is 23.8 Å². The summed E-state index contributed by atoms with van der Waals surface area (Å²) in [4.78, 5) is 23.2. The number of rotatable bonds is 8. The van der Waals surface area contributed by atoms with E-state index in [1.165, 1.54) is 6.21 Å². The van der Waals surface area contributed by atoms with E-state index >= 15 is 0 Å². The number of nitrogens with one attached hydrogen (secondary N) is 2. The van der Waals surface area contributed by atoms with Crippen molar-refractivity contribution in [1.29, 1.82) is 0 Å². The zero-order valence-electron chi connectivity index (χ0n) is 14.6. The number of carbonyl (C=O) groups excluding carboxylic acids is 2. The average Bonchev–Trinajstić information content (AvgIpc) is 2.59. The third-order valence-electron chi connectivity index (χ3n) is 3.23. The van der Waals surface area contributed by atoms with Gasteiger partial charge in [0.05, 0.1) is 19.9 Å². The molecule has 0 aliphatic rings. The molecule has 2 N–H and O–H groups in total. The maximum Gasteiger partial charge on any atom is 0.329 e. The minimum atomic E-state index is -0.804. The van der Waals surface area contributed by atoms with E-state index in [4.69, 9.17) is 9.47 Å². The van der Waals surface area contributed by atoms with Gasteiger partial charge in [-0.3, -0.25) is 9.59 Å². The van der Waals surface area contributed by atoms with E-state index in [0.29, 0.717) is 23.7 Å². The molecule has 132 valence electrons. The highest BCUT2D eigenvalue weighted by Crippen LogP contribution is 2.27. The van der Waals surface area contributed by atoms with Crippen molar-refractivity contribution in [1.82, 2.24) is 10.7 Å². The summed E-state index contributed by atoms with van der Waals surface area (Å²) in [5.74, 6) is -0.287. The zero-order chi connectivity index (χ0) is 17.9. The molecule has 0 aliphatic carbocycles. The first-order valence-corrected chi connectivity index (χ1v) is 7.96. The molecule has 7 heteroatoms. The summed E-state index contributed by atoms with van der Waals surface area (Å²) in [7, 11) is 1.55. The Morgan fingerprint density at radius 2 is 2.00 bits per heavy atom. The molecule has 0 spiro atoms. The van der Waals surface area contributed by atoms with E-state index in [1.54, 1.807) is 25.3 Å². The molecular formula is C17H25N3O4. The molecule has 1 atom stereocenters. The summed E-state index contributed by atoms with van der Waals surface area (Å²) >= 11 is 0. The molecule has 7 nitrogen and oxygen atoms in total. The van der Waals surface area contributed by atoms with E-state index in [-0.39, 0.29) is 6.04 Å². The van der Waals surface area contributed by atoms with Gasteiger partial charge in [0, 0.05) is 6.04 Å². The zero-order valence-corrected chi connectivity index (χ0v) is 14.6. The van der Waals surface area contributed by atoms with E-state index < -0.39 is 11.8 Å². The topological polar surface area (TPSA) is 89.0 Å². The van der Waals surface area contributed by atoms with Crippen molar-refractivity contribution in [2.45, 2.75) is 39.7 Å². The van der Waals surface area contributed by atoms with Gasteiger partial charge in [0.25, 0.3) is 0 Å². The van der Waals surface area contributed by atoms with E-state index in [1.807, 2.05) is 20.8 Å². The molecule has 24 heavy (non-hydrogen) atoms. The summed E-state index contributed by atoms with van der Waals surface area (Å²) in [5.41, 5.74) is 2.90. The van der Waals surface area contributed by atoms with Gasteiger partial charge in [0.2, 0.25) is 0 Å². The van der Waals surface area contributed by atoms with E-state index in [2.05, 4.69) is 15.8 Å². The molecule has 0 saturated carbocycles. The lowest BCUT2D eigenvalue weighted by Crippen LogP contribution is -2.41. The predicted octanol–water partition coefficient (Wildman–Crippen LogP) is 1.85. The molecule has 1 rings (SSSR count). The number of nitrogens with zero attached hydrogens (tertiary/aromatic N) is 1. The second kappa shape index (κ2) is 10.3. The van der Waals surface area contributed by atoms with E-state index in [9.17, 15) is 9.59 Å². The largest absolute Gasteiger partial charge is 0.493 e. The van der Waals surface area contributed by atoms with Crippen LogP contribution in [0.25, 0.3) is 0 Å². The Morgan fingerprint density at radius 1 is 1.25 bits per heavy atom. The fraction of sp³-hybridized carbons (Fsp3) is 0.471. The van der Waals surface area contributed by atoms with Crippen molar-refractivity contribution in [3.8, 4) is 11.5 Å². The molecule has 1 aromatic rings. The predicted molar refractivity (Wildman–Crippen MR) is 92.4 cm³/mol. The Kier molecular flexibility index (Phi) is 8.32. The molecule has 0 fully saturated rings. The molecule has 1 aromatic carbocycles. The number of carbonyl (C=O) groups is 2. The van der Waals surface area contributed by atoms with Gasteiger partial charge in [-0.2, -0.15) is 5.10 Å². The summed E-state index contributed by atoms with van der Waals surface area (Å²) in [6, 6.07) is 5.22. The summed E-state index contributed by atoms with van der Waals surface area (Å²) in [6.07, 6.45) is 3.08. The number of hydrogen-bond donors (Lipinski definition) is 2. The van der Waals surface area contributed by atoms with Crippen LogP contribution < -0.4 is 20.2 Å². The summed E-state index contributed by atoms with van der Waals surface area (Å²) in [6.45, 7) is 6.36. The lowest BCUT2D eigenvalue weighted by atomic mass is 10.2. The fourth-order valence-electron chi connectivity index (χ4n) is 1.70. The normalized spacial score (nSPS) is 11.8. The van der Waals surface area contributed by atoms with Crippen LogP contribution in [0.2, 0.25) is 0 Å². The molecule has 2 amide bonds. The second-order valence-electron chi connectivity index (χ2n) is 5.24. The Bertz CT molecular complexity index is 587. The molecule has 0 aromatic heterocycles. The first-order chi connectivity index (χ1) is 11.5. The van der Waals surface area contributed by atoms with Crippen LogP contribution in [0.1, 0.15) is 39.2 Å². The Morgan fingerprint density at radius 3 is 2.62 bits per heavy atom. The first-order valence-electron chi connectivity index (χ1n) is 7.96. The Labute approximate surface area is 142 Å². The van der Waals surface area contributed by atoms with Crippen molar-refractivity contribution in [2.75, 3.05) is 13.7 Å². The highest BCUT2D eigenvalue weighted by atomic mass is 16.5. The fourth-order valence-corrected chi connectivity index (χ4v) is 1.70. The van der Waals surface area contributed by atoms with Crippen LogP contribution in [0, 0.1) is 0 Å². The van der Waals surface area contributed by atoms with Crippen LogP contribution in [0.15, 0.2) is 23.3 Å². The van der Waals surface area contributed by atoms with Crippen LogP contribution in [-0.2, 0) is 9.59 Å². The number of ether oxygens (including phenoxy) is 2. The SMILES string of the molecule is CCCOc1ccc(/C=N\NC(=O)C(=O)N[C@H](C)CC)cc1OC. The maximum atomic E-state index is 11.6. The monoisotopic (exact) mass is 335 g/mol. The van der Waals surface area contributed by atoms with Gasteiger partial charge in [-0.1, -0.05) is 13.8 Å². The minimum Gasteiger partial charge on any atom is -0.493 e. The maximum absolute atomic E-state index is 11.6. The van der Waals surface area contributed by atoms with Crippen LogP contribution in [0.5, 0.6) is 11.5 Å². The van der Waals surface area contributed by atoms with Gasteiger partial charge in [-0.05, 0) is 43.5 Å². The lowest BCUT2D eigenvalue weighted by Gasteiger charge is -2.10. The van der Waals surface area contributed by atoms with Crippen LogP contribution >= 0.6 is 0 Å². The van der Waals surface area contributed by atoms with Crippen LogP contribution in [0.3, 0.4) is 0 Å². The second-order valence-corrected chi connectivity index (χ2v) is 5.24. The van der Waals surface area contributed by atoms with Gasteiger partial charge in [0.1, 0.15) is 0 Å². The standard InChI is InChI=1S/C17H25N3O4/c1-5-9-24-14-8-7-13(10-15(14)23-4)11-18-20-17(22)16(21)19-12(3)6-2/h7-8,10-12H,5-6,9H2,1-4H3,(H,19,21)(H,20,22)/b18-11-/t12-/m1/s1.